The summed E-state index contributed by atoms with van der Waals surface area (Å²) in [6.45, 7) is 2.83. The smallest absolute Gasteiger partial charge is 0.427 e. The van der Waals surface area contributed by atoms with E-state index >= 15 is 0 Å². The molecule has 0 amide bonds. The van der Waals surface area contributed by atoms with Crippen molar-refractivity contribution in [1.29, 1.82) is 0 Å². The summed E-state index contributed by atoms with van der Waals surface area (Å²) in [5.41, 5.74) is 8.18. The number of hydrogen-bond donors (Lipinski definition) is 4. The molecule has 4 aromatic rings. The molecule has 2 saturated heterocycles. The zero-order valence-electron chi connectivity index (χ0n) is 28.8. The van der Waals surface area contributed by atoms with Crippen LogP contribution >= 0.6 is 7.82 Å². The maximum absolute atomic E-state index is 14.3. The average Bonchev–Trinajstić information content (AvgIpc) is 3.89. The number of benzene rings is 1. The maximum atomic E-state index is 14.3. The topological polar surface area (TPSA) is 297 Å². The summed E-state index contributed by atoms with van der Waals surface area (Å²) in [6.07, 6.45) is -3.82. The summed E-state index contributed by atoms with van der Waals surface area (Å²) in [5, 5.41) is 26.0. The van der Waals surface area contributed by atoms with Crippen molar-refractivity contribution in [1.82, 2.24) is 29.1 Å². The van der Waals surface area contributed by atoms with Gasteiger partial charge >= 0.3 is 19.5 Å². The molecule has 2 fully saturated rings. The molecule has 1 aromatic carbocycles. The number of fused-ring (bicyclic) bond motifs is 1. The number of nitrogens with zero attached hydrogens (tertiary/aromatic N) is 7. The lowest BCUT2D eigenvalue weighted by atomic mass is 10.1. The zero-order valence-corrected chi connectivity index (χ0v) is 29.7. The van der Waals surface area contributed by atoms with Crippen molar-refractivity contribution in [2.75, 3.05) is 0 Å². The number of phosphoric acid groups is 1. The van der Waals surface area contributed by atoms with Gasteiger partial charge in [-0.05, 0) is 49.4 Å². The Balaban J connectivity index is 1.20. The van der Waals surface area contributed by atoms with Gasteiger partial charge in [-0.2, -0.15) is 0 Å². The number of azide groups is 1. The lowest BCUT2D eigenvalue weighted by Gasteiger charge is -2.28. The fourth-order valence-electron chi connectivity index (χ4n) is 5.89. The van der Waals surface area contributed by atoms with E-state index in [9.17, 15) is 39.5 Å². The number of aryl methyl sites for hydroxylation is 1. The molecule has 4 unspecified atom stereocenters. The van der Waals surface area contributed by atoms with E-state index in [1.54, 1.807) is 0 Å². The van der Waals surface area contributed by atoms with E-state index in [2.05, 4.69) is 30.0 Å². The summed E-state index contributed by atoms with van der Waals surface area (Å²) in [6, 6.07) is 4.80. The SMILES string of the molecule is CCCC(=O)Oc1ccc(COP(=O)(OC(O)[C@H]2O[C@@H](n3cc(C)c(=O)[nH]c3=O)CC2N=[N+]=[N-])OC(O)[C@@H]2CC[C@H](n3cnc4c(=O)[nH]cnc43)O2)cc1. The van der Waals surface area contributed by atoms with Gasteiger partial charge in [-0.15, -0.1) is 0 Å². The van der Waals surface area contributed by atoms with Crippen molar-refractivity contribution in [2.24, 2.45) is 5.11 Å². The largest absolute Gasteiger partial charge is 0.479 e. The first kappa shape index (κ1) is 38.7. The summed E-state index contributed by atoms with van der Waals surface area (Å²) in [7, 11) is -5.01. The lowest BCUT2D eigenvalue weighted by molar-refractivity contribution is -0.175. The molecule has 5 heterocycles. The number of ether oxygens (including phenoxy) is 3. The second kappa shape index (κ2) is 16.6. The van der Waals surface area contributed by atoms with Crippen LogP contribution in [0.2, 0.25) is 0 Å². The summed E-state index contributed by atoms with van der Waals surface area (Å²) >= 11 is 0. The van der Waals surface area contributed by atoms with Crippen molar-refractivity contribution >= 4 is 25.0 Å². The molecule has 23 heteroatoms. The first-order valence-corrected chi connectivity index (χ1v) is 18.2. The highest BCUT2D eigenvalue weighted by atomic mass is 31.2. The number of imidazole rings is 1. The Bertz CT molecular complexity index is 2250. The van der Waals surface area contributed by atoms with Crippen LogP contribution in [0.25, 0.3) is 21.6 Å². The van der Waals surface area contributed by atoms with Crippen molar-refractivity contribution in [2.45, 2.75) is 95.8 Å². The van der Waals surface area contributed by atoms with Crippen LogP contribution in [0.5, 0.6) is 5.75 Å². The average molecular weight is 774 g/mol. The van der Waals surface area contributed by atoms with Gasteiger partial charge in [0.15, 0.2) is 23.7 Å². The van der Waals surface area contributed by atoms with E-state index in [1.807, 2.05) is 6.92 Å². The minimum absolute atomic E-state index is 0.0739. The number of carbonyl (C=O) groups is 1. The number of hydrogen-bond acceptors (Lipinski definition) is 16. The summed E-state index contributed by atoms with van der Waals surface area (Å²) < 4.78 is 50.3. The molecular weight excluding hydrogens is 737 g/mol. The lowest BCUT2D eigenvalue weighted by Crippen LogP contribution is -2.37. The Morgan fingerprint density at radius 1 is 1.09 bits per heavy atom. The normalized spacial score (nSPS) is 23.4. The number of esters is 1. The highest BCUT2D eigenvalue weighted by molar-refractivity contribution is 7.48. The number of nitrogens with one attached hydrogen (secondary N) is 2. The van der Waals surface area contributed by atoms with Crippen molar-refractivity contribution in [3.8, 4) is 5.75 Å². The van der Waals surface area contributed by atoms with Gasteiger partial charge in [0.2, 0.25) is 0 Å². The molecule has 8 atom stereocenters. The zero-order chi connectivity index (χ0) is 38.6. The predicted molar refractivity (Wildman–Crippen MR) is 182 cm³/mol. The molecule has 0 radical (unpaired) electrons. The number of aliphatic hydroxyl groups excluding tert-OH is 2. The van der Waals surface area contributed by atoms with Gasteiger partial charge in [0.05, 0.1) is 25.3 Å². The Morgan fingerprint density at radius 2 is 1.85 bits per heavy atom. The van der Waals surface area contributed by atoms with Crippen LogP contribution in [0.3, 0.4) is 0 Å². The Morgan fingerprint density at radius 3 is 2.59 bits per heavy atom. The highest BCUT2D eigenvalue weighted by Crippen LogP contribution is 2.54. The van der Waals surface area contributed by atoms with Crippen LogP contribution in [0, 0.1) is 6.92 Å². The summed E-state index contributed by atoms with van der Waals surface area (Å²) in [5.74, 6) is -0.166. The Hall–Kier alpha value is -5.02. The highest BCUT2D eigenvalue weighted by Gasteiger charge is 2.46. The molecule has 6 rings (SSSR count). The van der Waals surface area contributed by atoms with Crippen LogP contribution in [0.15, 0.2) is 62.6 Å². The molecule has 2 aliphatic rings. The van der Waals surface area contributed by atoms with Crippen molar-refractivity contribution in [3.63, 3.8) is 0 Å². The van der Waals surface area contributed by atoms with E-state index in [4.69, 9.17) is 27.8 Å². The van der Waals surface area contributed by atoms with Crippen LogP contribution in [0.1, 0.15) is 62.6 Å². The molecule has 22 nitrogen and oxygen atoms in total. The molecule has 3 aromatic heterocycles. The molecule has 54 heavy (non-hydrogen) atoms. The predicted octanol–water partition coefficient (Wildman–Crippen LogP) is 2.32. The van der Waals surface area contributed by atoms with Crippen LogP contribution in [0.4, 0.5) is 0 Å². The number of phosphoric ester groups is 1. The molecule has 0 saturated carbocycles. The minimum Gasteiger partial charge on any atom is -0.427 e. The van der Waals surface area contributed by atoms with E-state index in [0.29, 0.717) is 18.4 Å². The van der Waals surface area contributed by atoms with Crippen LogP contribution in [-0.4, -0.2) is 76.1 Å². The van der Waals surface area contributed by atoms with E-state index < -0.39 is 80.5 Å². The molecular formula is C31H36N9O13P. The molecule has 0 aliphatic carbocycles. The first-order chi connectivity index (χ1) is 25.9. The second-order valence-corrected chi connectivity index (χ2v) is 14.0. The fraction of sp³-hybridized carbons (Fsp3) is 0.484. The standard InChI is InChI=1S/C31H36N9O13P/c1-3-4-23(41)49-18-7-5-17(6-8-18)13-48-54(47,52-29(44)20-9-10-21(50-20)40-15-35-24-26(40)33-14-34-28(24)43)53-30(45)25-19(37-38-32)11-22(51-25)39-12-16(2)27(42)36-31(39)46/h5-8,12,14-15,19-22,25,29-30,44-45H,3-4,9-11,13H2,1-2H3,(H,33,34,43)(H,36,42,46)/t19?,20-,21+,22+,25-,29?,30?,54?/m0/s1. The third kappa shape index (κ3) is 8.68. The molecule has 0 bridgehead atoms. The fourth-order valence-corrected chi connectivity index (χ4v) is 7.15. The molecule has 0 spiro atoms. The van der Waals surface area contributed by atoms with Gasteiger partial charge in [-0.3, -0.25) is 42.1 Å². The number of aromatic amines is 2. The third-order valence-electron chi connectivity index (χ3n) is 8.57. The van der Waals surface area contributed by atoms with E-state index in [1.165, 1.54) is 54.6 Å². The van der Waals surface area contributed by atoms with Crippen molar-refractivity contribution < 1.29 is 47.4 Å². The maximum Gasteiger partial charge on any atom is 0.479 e. The quantitative estimate of drug-likeness (QED) is 0.0256. The van der Waals surface area contributed by atoms with Gasteiger partial charge < -0.3 is 29.4 Å². The summed E-state index contributed by atoms with van der Waals surface area (Å²) in [4.78, 5) is 64.0. The van der Waals surface area contributed by atoms with Crippen LogP contribution in [-0.2, 0) is 39.0 Å². The number of rotatable bonds is 15. The van der Waals surface area contributed by atoms with Crippen molar-refractivity contribution in [3.05, 3.63) is 95.9 Å². The Kier molecular flexibility index (Phi) is 11.9. The Labute approximate surface area is 303 Å². The van der Waals surface area contributed by atoms with E-state index in [-0.39, 0.29) is 41.7 Å². The number of H-pyrrole nitrogens is 2. The van der Waals surface area contributed by atoms with Gasteiger partial charge in [0, 0.05) is 29.5 Å². The second-order valence-electron chi connectivity index (χ2n) is 12.4. The van der Waals surface area contributed by atoms with Gasteiger partial charge in [0.1, 0.15) is 30.4 Å². The number of aliphatic hydroxyl groups is 2. The molecule has 4 N–H and O–H groups in total. The minimum atomic E-state index is -5.01. The van der Waals surface area contributed by atoms with Gasteiger partial charge in [-0.25, -0.2) is 19.3 Å². The van der Waals surface area contributed by atoms with Gasteiger partial charge in [0.25, 0.3) is 11.1 Å². The first-order valence-electron chi connectivity index (χ1n) is 16.7. The van der Waals surface area contributed by atoms with Gasteiger partial charge in [-0.1, -0.05) is 24.2 Å². The molecule has 2 aliphatic heterocycles. The molecule has 288 valence electrons. The van der Waals surface area contributed by atoms with Crippen LogP contribution < -0.4 is 21.5 Å². The third-order valence-corrected chi connectivity index (χ3v) is 9.96. The number of carbonyl (C=O) groups excluding carboxylic acids is 1. The monoisotopic (exact) mass is 773 g/mol. The number of aromatic nitrogens is 6. The van der Waals surface area contributed by atoms with E-state index in [0.717, 1.165) is 4.57 Å².